The first kappa shape index (κ1) is 17.8. The van der Waals surface area contributed by atoms with E-state index in [1.165, 1.54) is 76.2 Å². The van der Waals surface area contributed by atoms with Crippen LogP contribution in [0.5, 0.6) is 0 Å². The van der Waals surface area contributed by atoms with Gasteiger partial charge in [0.15, 0.2) is 0 Å². The predicted octanol–water partition coefficient (Wildman–Crippen LogP) is 6.91. The molecule has 1 atom stereocenters. The van der Waals surface area contributed by atoms with Gasteiger partial charge in [-0.1, -0.05) is 63.0 Å². The molecule has 0 radical (unpaired) electrons. The Bertz CT molecular complexity index is 531. The van der Waals surface area contributed by atoms with E-state index >= 15 is 0 Å². The molecule has 0 saturated heterocycles. The van der Waals surface area contributed by atoms with E-state index in [2.05, 4.69) is 44.2 Å². The lowest BCUT2D eigenvalue weighted by Crippen LogP contribution is -2.26. The van der Waals surface area contributed by atoms with Gasteiger partial charge in [-0.3, -0.25) is 0 Å². The fourth-order valence-electron chi connectivity index (χ4n) is 5.17. The zero-order valence-corrected chi connectivity index (χ0v) is 15.9. The summed E-state index contributed by atoms with van der Waals surface area (Å²) in [6.45, 7) is 4.46. The summed E-state index contributed by atoms with van der Waals surface area (Å²) in [5, 5.41) is 0. The Morgan fingerprint density at radius 3 is 2.58 bits per heavy atom. The van der Waals surface area contributed by atoms with Crippen molar-refractivity contribution in [2.45, 2.75) is 84.5 Å². The lowest BCUT2D eigenvalue weighted by Gasteiger charge is -2.36. The van der Waals surface area contributed by atoms with Crippen LogP contribution >= 0.6 is 0 Å². The molecular formula is C24H36. The first-order valence-electron chi connectivity index (χ1n) is 10.5. The van der Waals surface area contributed by atoms with Crippen molar-refractivity contribution in [1.29, 1.82) is 0 Å². The summed E-state index contributed by atoms with van der Waals surface area (Å²) in [6.07, 6.45) is 19.8. The quantitative estimate of drug-likeness (QED) is 0.499. The van der Waals surface area contributed by atoms with Crippen LogP contribution in [0.25, 0.3) is 0 Å². The van der Waals surface area contributed by atoms with Gasteiger partial charge in [0.2, 0.25) is 0 Å². The molecule has 0 aromatic heterocycles. The van der Waals surface area contributed by atoms with Crippen LogP contribution in [0.2, 0.25) is 0 Å². The van der Waals surface area contributed by atoms with Crippen LogP contribution in [-0.2, 0) is 19.3 Å². The number of benzene rings is 1. The number of fused-ring (bicyclic) bond motifs is 1. The van der Waals surface area contributed by atoms with Gasteiger partial charge >= 0.3 is 0 Å². The van der Waals surface area contributed by atoms with Gasteiger partial charge in [-0.15, -0.1) is 0 Å². The number of hydrogen-bond donors (Lipinski definition) is 0. The fourth-order valence-corrected chi connectivity index (χ4v) is 5.17. The molecule has 0 amide bonds. The monoisotopic (exact) mass is 324 g/mol. The highest BCUT2D eigenvalue weighted by Gasteiger charge is 2.29. The van der Waals surface area contributed by atoms with Gasteiger partial charge < -0.3 is 0 Å². The molecule has 2 aliphatic carbocycles. The maximum absolute atomic E-state index is 2.51. The van der Waals surface area contributed by atoms with Gasteiger partial charge in [0.25, 0.3) is 0 Å². The molecule has 0 heteroatoms. The molecule has 0 heterocycles. The Morgan fingerprint density at radius 2 is 1.83 bits per heavy atom. The fraction of sp³-hybridized carbons (Fsp3) is 0.667. The average Bonchev–Trinajstić information content (AvgIpc) is 2.62. The highest BCUT2D eigenvalue weighted by molar-refractivity contribution is 5.34. The van der Waals surface area contributed by atoms with Crippen LogP contribution in [-0.4, -0.2) is 0 Å². The molecule has 1 aromatic carbocycles. The summed E-state index contributed by atoms with van der Waals surface area (Å²) < 4.78 is 0. The van der Waals surface area contributed by atoms with Crippen molar-refractivity contribution < 1.29 is 0 Å². The lowest BCUT2D eigenvalue weighted by atomic mass is 9.69. The van der Waals surface area contributed by atoms with Crippen LogP contribution in [0.15, 0.2) is 30.4 Å². The largest absolute Gasteiger partial charge is 0.0917 e. The van der Waals surface area contributed by atoms with Crippen molar-refractivity contribution in [3.05, 3.63) is 47.0 Å². The van der Waals surface area contributed by atoms with E-state index in [9.17, 15) is 0 Å². The second-order valence-corrected chi connectivity index (χ2v) is 8.28. The number of allylic oxidation sites excluding steroid dienone is 2. The third kappa shape index (κ3) is 4.52. The molecule has 0 N–H and O–H groups in total. The second kappa shape index (κ2) is 8.88. The summed E-state index contributed by atoms with van der Waals surface area (Å²) in [5.41, 5.74) is 4.85. The van der Waals surface area contributed by atoms with Crippen LogP contribution in [0, 0.1) is 17.8 Å². The standard InChI is InChI=1S/C24H36/c1-3-5-6-8-20-11-14-24-18-23(16-15-22(24)17-20)21-12-9-19(7-4-2)10-13-21/h3,5,11,14,17,19,21,23H,4,6-10,12-13,15-16,18H2,1-2H3/b5-3+. The van der Waals surface area contributed by atoms with Crippen molar-refractivity contribution >= 4 is 0 Å². The van der Waals surface area contributed by atoms with Crippen molar-refractivity contribution in [2.24, 2.45) is 17.8 Å². The van der Waals surface area contributed by atoms with Gasteiger partial charge in [-0.25, -0.2) is 0 Å². The molecular weight excluding hydrogens is 288 g/mol. The van der Waals surface area contributed by atoms with Gasteiger partial charge in [0.1, 0.15) is 0 Å². The third-order valence-electron chi connectivity index (χ3n) is 6.63. The van der Waals surface area contributed by atoms with E-state index in [1.807, 2.05) is 0 Å². The molecule has 0 nitrogen and oxygen atoms in total. The Hall–Kier alpha value is -1.04. The van der Waals surface area contributed by atoms with Crippen molar-refractivity contribution in [2.75, 3.05) is 0 Å². The lowest BCUT2D eigenvalue weighted by molar-refractivity contribution is 0.184. The van der Waals surface area contributed by atoms with E-state index in [1.54, 1.807) is 11.1 Å². The summed E-state index contributed by atoms with van der Waals surface area (Å²) >= 11 is 0. The molecule has 132 valence electrons. The topological polar surface area (TPSA) is 0 Å². The number of aryl methyl sites for hydroxylation is 2. The molecule has 1 fully saturated rings. The molecule has 2 aliphatic rings. The number of rotatable bonds is 6. The Balaban J connectivity index is 1.55. The van der Waals surface area contributed by atoms with Gasteiger partial charge in [0, 0.05) is 0 Å². The highest BCUT2D eigenvalue weighted by Crippen LogP contribution is 2.40. The first-order valence-corrected chi connectivity index (χ1v) is 10.5. The first-order chi connectivity index (χ1) is 11.8. The van der Waals surface area contributed by atoms with Crippen LogP contribution < -0.4 is 0 Å². The molecule has 1 aromatic rings. The van der Waals surface area contributed by atoms with Gasteiger partial charge in [0.05, 0.1) is 0 Å². The predicted molar refractivity (Wildman–Crippen MR) is 105 cm³/mol. The minimum atomic E-state index is 0.967. The molecule has 0 aliphatic heterocycles. The zero-order chi connectivity index (χ0) is 16.8. The second-order valence-electron chi connectivity index (χ2n) is 8.28. The van der Waals surface area contributed by atoms with E-state index in [-0.39, 0.29) is 0 Å². The van der Waals surface area contributed by atoms with Gasteiger partial charge in [-0.05, 0) is 86.3 Å². The summed E-state index contributed by atoms with van der Waals surface area (Å²) in [6, 6.07) is 7.35. The van der Waals surface area contributed by atoms with E-state index in [4.69, 9.17) is 0 Å². The summed E-state index contributed by atoms with van der Waals surface area (Å²) in [4.78, 5) is 0. The van der Waals surface area contributed by atoms with Crippen molar-refractivity contribution in [3.8, 4) is 0 Å². The zero-order valence-electron chi connectivity index (χ0n) is 15.9. The highest BCUT2D eigenvalue weighted by atomic mass is 14.3. The molecule has 0 spiro atoms. The van der Waals surface area contributed by atoms with Crippen LogP contribution in [0.1, 0.15) is 81.9 Å². The summed E-state index contributed by atoms with van der Waals surface area (Å²) in [5.74, 6) is 3.02. The maximum Gasteiger partial charge on any atom is -0.0244 e. The number of hydrogen-bond acceptors (Lipinski definition) is 0. The van der Waals surface area contributed by atoms with Crippen molar-refractivity contribution in [3.63, 3.8) is 0 Å². The maximum atomic E-state index is 2.51. The Morgan fingerprint density at radius 1 is 1.00 bits per heavy atom. The minimum Gasteiger partial charge on any atom is -0.0917 e. The van der Waals surface area contributed by atoms with E-state index in [0.717, 1.165) is 17.8 Å². The Kier molecular flexibility index (Phi) is 6.58. The van der Waals surface area contributed by atoms with Gasteiger partial charge in [-0.2, -0.15) is 0 Å². The van der Waals surface area contributed by atoms with Crippen LogP contribution in [0.3, 0.4) is 0 Å². The van der Waals surface area contributed by atoms with Crippen LogP contribution in [0.4, 0.5) is 0 Å². The minimum absolute atomic E-state index is 0.967. The van der Waals surface area contributed by atoms with E-state index < -0.39 is 0 Å². The van der Waals surface area contributed by atoms with E-state index in [0.29, 0.717) is 0 Å². The summed E-state index contributed by atoms with van der Waals surface area (Å²) in [7, 11) is 0. The molecule has 1 unspecified atom stereocenters. The Labute approximate surface area is 149 Å². The third-order valence-corrected chi connectivity index (χ3v) is 6.63. The average molecular weight is 325 g/mol. The van der Waals surface area contributed by atoms with Crippen molar-refractivity contribution in [1.82, 2.24) is 0 Å². The molecule has 0 bridgehead atoms. The molecule has 24 heavy (non-hydrogen) atoms. The molecule has 1 saturated carbocycles. The smallest absolute Gasteiger partial charge is 0.0244 e. The normalized spacial score (nSPS) is 27.3. The SMILES string of the molecule is C/C=C/CCc1ccc2c(c1)CCC(C1CCC(CCC)CC1)C2. The molecule has 3 rings (SSSR count).